The van der Waals surface area contributed by atoms with E-state index in [0.717, 1.165) is 6.42 Å². The Hall–Kier alpha value is -0.990. The summed E-state index contributed by atoms with van der Waals surface area (Å²) in [4.78, 5) is 12.8. The third kappa shape index (κ3) is 3.07. The molecular weight excluding hydrogens is 142 g/mol. The second kappa shape index (κ2) is 4.77. The van der Waals surface area contributed by atoms with Crippen molar-refractivity contribution in [2.75, 3.05) is 21.2 Å². The maximum absolute atomic E-state index is 11.0. The highest BCUT2D eigenvalue weighted by molar-refractivity contribution is 5.87. The Morgan fingerprint density at radius 1 is 1.55 bits per heavy atom. The third-order valence-electron chi connectivity index (χ3n) is 1.27. The molecule has 0 unspecified atom stereocenters. The van der Waals surface area contributed by atoms with Crippen LogP contribution >= 0.6 is 0 Å². The maximum Gasteiger partial charge on any atom is 0.353 e. The first-order chi connectivity index (χ1) is 5.13. The van der Waals surface area contributed by atoms with Crippen LogP contribution in [-0.4, -0.2) is 32.1 Å². The number of rotatable bonds is 3. The van der Waals surface area contributed by atoms with Gasteiger partial charge in [-0.25, -0.2) is 4.79 Å². The summed E-state index contributed by atoms with van der Waals surface area (Å²) in [6.07, 6.45) is 2.68. The van der Waals surface area contributed by atoms with Crippen molar-refractivity contribution >= 4 is 5.97 Å². The largest absolute Gasteiger partial charge is 0.464 e. The normalized spacial score (nSPS) is 11.1. The molecule has 0 aliphatic carbocycles. The van der Waals surface area contributed by atoms with Gasteiger partial charge in [-0.15, -0.1) is 0 Å². The quantitative estimate of drug-likeness (QED) is 0.452. The number of carbonyl (C=O) groups is 1. The van der Waals surface area contributed by atoms with Crippen molar-refractivity contribution in [1.82, 2.24) is 4.90 Å². The first-order valence-electron chi connectivity index (χ1n) is 3.59. The first-order valence-corrected chi connectivity index (χ1v) is 3.59. The van der Waals surface area contributed by atoms with Crippen molar-refractivity contribution in [1.29, 1.82) is 0 Å². The van der Waals surface area contributed by atoms with Crippen LogP contribution in [0.15, 0.2) is 11.8 Å². The van der Waals surface area contributed by atoms with Crippen molar-refractivity contribution in [3.05, 3.63) is 11.8 Å². The third-order valence-corrected chi connectivity index (χ3v) is 1.27. The molecule has 0 spiro atoms. The summed E-state index contributed by atoms with van der Waals surface area (Å²) in [6.45, 7) is 1.98. The number of allylic oxidation sites excluding steroid dienone is 1. The highest BCUT2D eigenvalue weighted by Gasteiger charge is 2.09. The zero-order valence-corrected chi connectivity index (χ0v) is 7.55. The lowest BCUT2D eigenvalue weighted by atomic mass is 10.3. The Morgan fingerprint density at radius 2 is 2.09 bits per heavy atom. The zero-order valence-electron chi connectivity index (χ0n) is 7.55. The van der Waals surface area contributed by atoms with Crippen LogP contribution in [0.25, 0.3) is 0 Å². The van der Waals surface area contributed by atoms with Gasteiger partial charge in [-0.05, 0) is 6.42 Å². The van der Waals surface area contributed by atoms with E-state index in [0.29, 0.717) is 5.70 Å². The van der Waals surface area contributed by atoms with Crippen LogP contribution in [0.2, 0.25) is 0 Å². The number of methoxy groups -OCH3 is 1. The number of hydrogen-bond acceptors (Lipinski definition) is 3. The zero-order chi connectivity index (χ0) is 8.85. The van der Waals surface area contributed by atoms with Crippen LogP contribution in [0.1, 0.15) is 13.3 Å². The molecule has 0 heterocycles. The standard InChI is InChI=1S/C8H15NO2/c1-5-6-7(9(2)3)8(10)11-4/h6H,5H2,1-4H3. The molecule has 3 heteroatoms. The topological polar surface area (TPSA) is 29.5 Å². The molecule has 0 aromatic carbocycles. The fourth-order valence-electron chi connectivity index (χ4n) is 0.746. The summed E-state index contributed by atoms with van der Waals surface area (Å²) in [6, 6.07) is 0. The molecule has 0 amide bonds. The molecule has 0 saturated carbocycles. The highest BCUT2D eigenvalue weighted by atomic mass is 16.5. The van der Waals surface area contributed by atoms with Crippen LogP contribution in [0.4, 0.5) is 0 Å². The molecule has 64 valence electrons. The summed E-state index contributed by atoms with van der Waals surface area (Å²) in [5.74, 6) is -0.281. The van der Waals surface area contributed by atoms with Gasteiger partial charge in [-0.3, -0.25) is 0 Å². The fraction of sp³-hybridized carbons (Fsp3) is 0.625. The van der Waals surface area contributed by atoms with Gasteiger partial charge < -0.3 is 9.64 Å². The molecule has 0 aromatic rings. The van der Waals surface area contributed by atoms with E-state index in [-0.39, 0.29) is 5.97 Å². The van der Waals surface area contributed by atoms with Gasteiger partial charge in [0.25, 0.3) is 0 Å². The van der Waals surface area contributed by atoms with Gasteiger partial charge in [-0.1, -0.05) is 13.0 Å². The van der Waals surface area contributed by atoms with Crippen LogP contribution in [0.5, 0.6) is 0 Å². The second-order valence-electron chi connectivity index (χ2n) is 2.38. The Bertz CT molecular complexity index is 161. The van der Waals surface area contributed by atoms with Crippen molar-refractivity contribution in [2.24, 2.45) is 0 Å². The number of nitrogens with zero attached hydrogens (tertiary/aromatic N) is 1. The molecule has 0 fully saturated rings. The smallest absolute Gasteiger partial charge is 0.353 e. The first kappa shape index (κ1) is 10.0. The van der Waals surface area contributed by atoms with Gasteiger partial charge >= 0.3 is 5.97 Å². The molecule has 0 atom stereocenters. The number of ether oxygens (including phenoxy) is 1. The average Bonchev–Trinajstić information content (AvgIpc) is 1.98. The Balaban J connectivity index is 4.34. The molecule has 3 nitrogen and oxygen atoms in total. The second-order valence-corrected chi connectivity index (χ2v) is 2.38. The Kier molecular flexibility index (Phi) is 4.34. The van der Waals surface area contributed by atoms with Crippen molar-refractivity contribution in [2.45, 2.75) is 13.3 Å². The monoisotopic (exact) mass is 157 g/mol. The molecular formula is C8H15NO2. The molecule has 0 aromatic heterocycles. The molecule has 0 rings (SSSR count). The van der Waals surface area contributed by atoms with Gasteiger partial charge in [0, 0.05) is 14.1 Å². The maximum atomic E-state index is 11.0. The minimum Gasteiger partial charge on any atom is -0.464 e. The van der Waals surface area contributed by atoms with E-state index < -0.39 is 0 Å². The molecule has 0 radical (unpaired) electrons. The highest BCUT2D eigenvalue weighted by Crippen LogP contribution is 2.01. The van der Waals surface area contributed by atoms with Crippen LogP contribution in [0.3, 0.4) is 0 Å². The molecule has 0 bridgehead atoms. The van der Waals surface area contributed by atoms with Crippen molar-refractivity contribution in [3.8, 4) is 0 Å². The summed E-state index contributed by atoms with van der Waals surface area (Å²) >= 11 is 0. The van der Waals surface area contributed by atoms with Gasteiger partial charge in [0.1, 0.15) is 5.70 Å². The van der Waals surface area contributed by atoms with E-state index in [1.165, 1.54) is 7.11 Å². The summed E-state index contributed by atoms with van der Waals surface area (Å²) < 4.78 is 4.58. The van der Waals surface area contributed by atoms with E-state index in [2.05, 4.69) is 4.74 Å². The van der Waals surface area contributed by atoms with Crippen LogP contribution < -0.4 is 0 Å². The van der Waals surface area contributed by atoms with Crippen LogP contribution in [-0.2, 0) is 9.53 Å². The van der Waals surface area contributed by atoms with Crippen molar-refractivity contribution < 1.29 is 9.53 Å². The van der Waals surface area contributed by atoms with Gasteiger partial charge in [0.2, 0.25) is 0 Å². The predicted molar refractivity (Wildman–Crippen MR) is 44.1 cm³/mol. The van der Waals surface area contributed by atoms with Crippen molar-refractivity contribution in [3.63, 3.8) is 0 Å². The molecule has 0 aliphatic heterocycles. The summed E-state index contributed by atoms with van der Waals surface area (Å²) in [5.41, 5.74) is 0.606. The Morgan fingerprint density at radius 3 is 2.36 bits per heavy atom. The van der Waals surface area contributed by atoms with Gasteiger partial charge in [-0.2, -0.15) is 0 Å². The fourth-order valence-corrected chi connectivity index (χ4v) is 0.746. The number of hydrogen-bond donors (Lipinski definition) is 0. The molecule has 0 aliphatic rings. The minimum absolute atomic E-state index is 0.281. The number of carbonyl (C=O) groups excluding carboxylic acids is 1. The number of esters is 1. The van der Waals surface area contributed by atoms with E-state index in [1.807, 2.05) is 27.1 Å². The SMILES string of the molecule is CCC=C(C(=O)OC)N(C)C. The van der Waals surface area contributed by atoms with Gasteiger partial charge in [0.05, 0.1) is 7.11 Å². The van der Waals surface area contributed by atoms with Gasteiger partial charge in [0.15, 0.2) is 0 Å². The predicted octanol–water partition coefficient (Wildman–Crippen LogP) is 1.01. The molecule has 0 saturated heterocycles. The minimum atomic E-state index is -0.281. The Labute approximate surface area is 67.6 Å². The lowest BCUT2D eigenvalue weighted by molar-refractivity contribution is -0.137. The lowest BCUT2D eigenvalue weighted by Crippen LogP contribution is -2.20. The van der Waals surface area contributed by atoms with E-state index >= 15 is 0 Å². The number of likely N-dealkylation sites (N-methyl/N-ethyl adjacent to an activating group) is 1. The molecule has 0 N–H and O–H groups in total. The summed E-state index contributed by atoms with van der Waals surface area (Å²) in [5, 5.41) is 0. The summed E-state index contributed by atoms with van der Waals surface area (Å²) in [7, 11) is 5.02. The van der Waals surface area contributed by atoms with E-state index in [1.54, 1.807) is 4.90 Å². The van der Waals surface area contributed by atoms with E-state index in [4.69, 9.17) is 0 Å². The molecule has 11 heavy (non-hydrogen) atoms. The van der Waals surface area contributed by atoms with Crippen LogP contribution in [0, 0.1) is 0 Å². The average molecular weight is 157 g/mol. The van der Waals surface area contributed by atoms with E-state index in [9.17, 15) is 4.79 Å². The lowest BCUT2D eigenvalue weighted by Gasteiger charge is -2.14.